The van der Waals surface area contributed by atoms with Crippen LogP contribution in [0.4, 0.5) is 0 Å². The lowest BCUT2D eigenvalue weighted by molar-refractivity contribution is -0.242. The van der Waals surface area contributed by atoms with E-state index < -0.39 is 8.80 Å². The van der Waals surface area contributed by atoms with Crippen LogP contribution in [-0.4, -0.2) is 40.5 Å². The van der Waals surface area contributed by atoms with Crippen LogP contribution < -0.4 is 0 Å². The zero-order valence-corrected chi connectivity index (χ0v) is 10.8. The molecule has 0 radical (unpaired) electrons. The Morgan fingerprint density at radius 3 is 1.73 bits per heavy atom. The third-order valence-corrected chi connectivity index (χ3v) is 4.96. The highest BCUT2D eigenvalue weighted by molar-refractivity contribution is 6.60. The van der Waals surface area contributed by atoms with Crippen molar-refractivity contribution in [2.24, 2.45) is 0 Å². The summed E-state index contributed by atoms with van der Waals surface area (Å²) in [5.74, 6) is 0. The molecule has 0 heterocycles. The van der Waals surface area contributed by atoms with Gasteiger partial charge in [-0.15, -0.1) is 0 Å². The van der Waals surface area contributed by atoms with Gasteiger partial charge >= 0.3 is 8.80 Å². The van der Waals surface area contributed by atoms with E-state index in [1.807, 2.05) is 20.8 Å². The van der Waals surface area contributed by atoms with Crippen LogP contribution in [0.2, 0.25) is 6.04 Å². The number of rotatable bonds is 10. The fraction of sp³-hybridized carbons (Fsp3) is 1.00. The van der Waals surface area contributed by atoms with Gasteiger partial charge < -0.3 is 13.3 Å². The van der Waals surface area contributed by atoms with E-state index >= 15 is 0 Å². The van der Waals surface area contributed by atoms with Crippen molar-refractivity contribution in [3.8, 4) is 0 Å². The van der Waals surface area contributed by atoms with Crippen LogP contribution in [-0.2, 0) is 18.2 Å². The van der Waals surface area contributed by atoms with Gasteiger partial charge in [-0.25, -0.2) is 4.89 Å². The highest BCUT2D eigenvalue weighted by atomic mass is 28.4. The first-order chi connectivity index (χ1) is 7.24. The molecule has 0 aliphatic carbocycles. The average Bonchev–Trinajstić information content (AvgIpc) is 2.19. The molecule has 0 atom stereocenters. The zero-order valence-electron chi connectivity index (χ0n) is 9.82. The predicted molar refractivity (Wildman–Crippen MR) is 58.6 cm³/mol. The minimum atomic E-state index is -2.52. The van der Waals surface area contributed by atoms with E-state index in [1.54, 1.807) is 0 Å². The molecule has 0 aromatic carbocycles. The van der Waals surface area contributed by atoms with Gasteiger partial charge in [-0.3, -0.25) is 5.26 Å². The molecule has 0 spiro atoms. The van der Waals surface area contributed by atoms with E-state index in [-0.39, 0.29) is 6.61 Å². The lowest BCUT2D eigenvalue weighted by Crippen LogP contribution is -2.46. The molecule has 0 bridgehead atoms. The van der Waals surface area contributed by atoms with Gasteiger partial charge in [0, 0.05) is 25.9 Å². The van der Waals surface area contributed by atoms with Crippen molar-refractivity contribution >= 4 is 8.80 Å². The van der Waals surface area contributed by atoms with Crippen molar-refractivity contribution in [3.63, 3.8) is 0 Å². The maximum Gasteiger partial charge on any atom is 0.501 e. The molecule has 0 aromatic heterocycles. The summed E-state index contributed by atoms with van der Waals surface area (Å²) in [7, 11) is -2.52. The van der Waals surface area contributed by atoms with E-state index in [0.29, 0.717) is 32.3 Å². The van der Waals surface area contributed by atoms with Gasteiger partial charge in [-0.1, -0.05) is 0 Å². The molecule has 0 aromatic rings. The van der Waals surface area contributed by atoms with E-state index in [1.165, 1.54) is 0 Å². The SMILES string of the molecule is CCO[Si](CCCOO)(OCC)OCC. The van der Waals surface area contributed by atoms with Crippen molar-refractivity contribution in [1.29, 1.82) is 0 Å². The summed E-state index contributed by atoms with van der Waals surface area (Å²) in [6.07, 6.45) is 0.669. The maximum atomic E-state index is 8.25. The summed E-state index contributed by atoms with van der Waals surface area (Å²) < 4.78 is 16.8. The Kier molecular flexibility index (Phi) is 9.27. The van der Waals surface area contributed by atoms with Crippen LogP contribution in [0.3, 0.4) is 0 Å². The molecular formula is C9H22O5Si. The molecule has 92 valence electrons. The number of hydrogen-bond donors (Lipinski definition) is 1. The first-order valence-corrected chi connectivity index (χ1v) is 7.36. The van der Waals surface area contributed by atoms with E-state index in [0.717, 1.165) is 0 Å². The Balaban J connectivity index is 4.18. The Labute approximate surface area is 92.6 Å². The Morgan fingerprint density at radius 2 is 1.40 bits per heavy atom. The molecule has 0 unspecified atom stereocenters. The molecule has 0 aliphatic heterocycles. The lowest BCUT2D eigenvalue weighted by atomic mass is 10.5. The largest absolute Gasteiger partial charge is 0.501 e. The first kappa shape index (κ1) is 15.0. The second-order valence-corrected chi connectivity index (χ2v) is 5.65. The summed E-state index contributed by atoms with van der Waals surface area (Å²) in [5, 5.41) is 8.25. The van der Waals surface area contributed by atoms with Crippen LogP contribution >= 0.6 is 0 Å². The van der Waals surface area contributed by atoms with Crippen LogP contribution in [0.25, 0.3) is 0 Å². The van der Waals surface area contributed by atoms with Crippen molar-refractivity contribution < 1.29 is 23.4 Å². The van der Waals surface area contributed by atoms with Crippen LogP contribution in [0.15, 0.2) is 0 Å². The minimum Gasteiger partial charge on any atom is -0.374 e. The van der Waals surface area contributed by atoms with Crippen LogP contribution in [0.5, 0.6) is 0 Å². The van der Waals surface area contributed by atoms with Gasteiger partial charge in [0.1, 0.15) is 0 Å². The van der Waals surface area contributed by atoms with Crippen LogP contribution in [0, 0.1) is 0 Å². The van der Waals surface area contributed by atoms with Gasteiger partial charge in [-0.2, -0.15) is 0 Å². The molecule has 0 fully saturated rings. The fourth-order valence-corrected chi connectivity index (χ4v) is 3.93. The Bertz CT molecular complexity index is 127. The molecule has 0 aliphatic rings. The van der Waals surface area contributed by atoms with Gasteiger partial charge in [-0.05, 0) is 27.2 Å². The van der Waals surface area contributed by atoms with Crippen molar-refractivity contribution in [2.45, 2.75) is 33.2 Å². The third kappa shape index (κ3) is 6.24. The second-order valence-electron chi connectivity index (χ2n) is 2.92. The summed E-state index contributed by atoms with van der Waals surface area (Å²) in [5.41, 5.74) is 0. The minimum absolute atomic E-state index is 0.280. The predicted octanol–water partition coefficient (Wildman–Crippen LogP) is 1.91. The van der Waals surface area contributed by atoms with Gasteiger partial charge in [0.05, 0.1) is 6.61 Å². The maximum absolute atomic E-state index is 8.25. The first-order valence-electron chi connectivity index (χ1n) is 5.42. The van der Waals surface area contributed by atoms with Crippen molar-refractivity contribution in [1.82, 2.24) is 0 Å². The van der Waals surface area contributed by atoms with Crippen LogP contribution in [0.1, 0.15) is 27.2 Å². The van der Waals surface area contributed by atoms with Gasteiger partial charge in [0.25, 0.3) is 0 Å². The molecule has 0 rings (SSSR count). The zero-order chi connectivity index (χ0) is 11.6. The van der Waals surface area contributed by atoms with E-state index in [9.17, 15) is 0 Å². The summed E-state index contributed by atoms with van der Waals surface area (Å²) in [4.78, 5) is 4.03. The lowest BCUT2D eigenvalue weighted by Gasteiger charge is -2.28. The molecule has 15 heavy (non-hydrogen) atoms. The highest BCUT2D eigenvalue weighted by Gasteiger charge is 2.39. The second kappa shape index (κ2) is 9.26. The third-order valence-electron chi connectivity index (χ3n) is 1.81. The Morgan fingerprint density at radius 1 is 0.933 bits per heavy atom. The normalized spacial score (nSPS) is 12.0. The van der Waals surface area contributed by atoms with E-state index in [4.69, 9.17) is 18.5 Å². The molecule has 5 nitrogen and oxygen atoms in total. The molecule has 0 amide bonds. The smallest absolute Gasteiger partial charge is 0.374 e. The average molecular weight is 238 g/mol. The summed E-state index contributed by atoms with van der Waals surface area (Å²) >= 11 is 0. The van der Waals surface area contributed by atoms with Crippen molar-refractivity contribution in [3.05, 3.63) is 0 Å². The summed E-state index contributed by atoms with van der Waals surface area (Å²) in [6.45, 7) is 7.76. The van der Waals surface area contributed by atoms with E-state index in [2.05, 4.69) is 4.89 Å². The number of hydrogen-bond acceptors (Lipinski definition) is 5. The van der Waals surface area contributed by atoms with Crippen molar-refractivity contribution in [2.75, 3.05) is 26.4 Å². The summed E-state index contributed by atoms with van der Waals surface area (Å²) in [6, 6.07) is 0.670. The molecule has 6 heteroatoms. The molecule has 0 saturated carbocycles. The van der Waals surface area contributed by atoms with Gasteiger partial charge in [0.2, 0.25) is 0 Å². The molecule has 1 N–H and O–H groups in total. The topological polar surface area (TPSA) is 57.2 Å². The quantitative estimate of drug-likeness (QED) is 0.273. The standard InChI is InChI=1S/C9H22O5Si/c1-4-12-15(13-5-2,14-6-3)9-7-8-11-10/h10H,4-9H2,1-3H3. The molecular weight excluding hydrogens is 216 g/mol. The monoisotopic (exact) mass is 238 g/mol. The highest BCUT2D eigenvalue weighted by Crippen LogP contribution is 2.17. The Hall–Kier alpha value is 0.0169. The fourth-order valence-electron chi connectivity index (χ4n) is 1.35. The molecule has 0 saturated heterocycles. The van der Waals surface area contributed by atoms with Gasteiger partial charge in [0.15, 0.2) is 0 Å².